The molecule has 0 unspecified atom stereocenters. The summed E-state index contributed by atoms with van der Waals surface area (Å²) in [5, 5.41) is 9.91. The number of aromatic nitrogens is 3. The molecule has 0 bridgehead atoms. The highest BCUT2D eigenvalue weighted by Gasteiger charge is 2.29. The van der Waals surface area contributed by atoms with Crippen LogP contribution in [0.25, 0.3) is 16.8 Å². The van der Waals surface area contributed by atoms with Gasteiger partial charge in [-0.1, -0.05) is 37.6 Å². The van der Waals surface area contributed by atoms with Crippen LogP contribution in [-0.2, 0) is 19.4 Å². The molecule has 2 amide bonds. The molecule has 3 aromatic carbocycles. The Hall–Kier alpha value is -5.75. The van der Waals surface area contributed by atoms with Crippen molar-refractivity contribution in [1.29, 1.82) is 0 Å². The Kier molecular flexibility index (Phi) is 11.6. The van der Waals surface area contributed by atoms with E-state index in [0.717, 1.165) is 24.3 Å². The van der Waals surface area contributed by atoms with Crippen molar-refractivity contribution in [3.05, 3.63) is 96.4 Å². The molecule has 0 radical (unpaired) electrons. The number of rotatable bonds is 14. The predicted octanol–water partition coefficient (Wildman–Crippen LogP) is 6.33. The van der Waals surface area contributed by atoms with Crippen molar-refractivity contribution in [2.45, 2.75) is 36.9 Å². The first kappa shape index (κ1) is 37.5. The van der Waals surface area contributed by atoms with E-state index >= 15 is 0 Å². The van der Waals surface area contributed by atoms with Gasteiger partial charge in [-0.05, 0) is 66.1 Å². The highest BCUT2D eigenvalue weighted by atomic mass is 32.2. The molecule has 18 heteroatoms. The van der Waals surface area contributed by atoms with E-state index in [0.29, 0.717) is 28.9 Å². The number of nitrogens with zero attached hydrogens (tertiary/aromatic N) is 3. The summed E-state index contributed by atoms with van der Waals surface area (Å²) in [6.07, 6.45) is -1.34. The zero-order valence-corrected chi connectivity index (χ0v) is 28.5. The molecule has 13 nitrogen and oxygen atoms in total. The van der Waals surface area contributed by atoms with Crippen molar-refractivity contribution in [1.82, 2.24) is 25.4 Å². The Bertz CT molecular complexity index is 2140. The van der Waals surface area contributed by atoms with Crippen molar-refractivity contribution in [2.24, 2.45) is 0 Å². The number of nitrogens with one attached hydrogen (secondary N) is 4. The Morgan fingerprint density at radius 1 is 0.962 bits per heavy atom. The summed E-state index contributed by atoms with van der Waals surface area (Å²) in [6, 6.07) is 17.8. The van der Waals surface area contributed by atoms with E-state index < -0.39 is 46.5 Å². The summed E-state index contributed by atoms with van der Waals surface area (Å²) >= 11 is 0. The normalized spacial score (nSPS) is 12.3. The number of benzene rings is 3. The second-order valence-corrected chi connectivity index (χ2v) is 13.4. The number of hydrogen-bond acceptors (Lipinski definition) is 10. The lowest BCUT2D eigenvalue weighted by Gasteiger charge is -2.19. The molecule has 1 atom stereocenters. The number of sulfone groups is 1. The summed E-state index contributed by atoms with van der Waals surface area (Å²) in [6.45, 7) is 0.514. The zero-order valence-electron chi connectivity index (χ0n) is 27.7. The monoisotopic (exact) mass is 743 g/mol. The summed E-state index contributed by atoms with van der Waals surface area (Å²) < 4.78 is 87.6. The lowest BCUT2D eigenvalue weighted by molar-refractivity contribution is -0.153. The maximum absolute atomic E-state index is 13.6. The number of anilines is 3. The van der Waals surface area contributed by atoms with E-state index in [1.165, 1.54) is 40.9 Å². The van der Waals surface area contributed by atoms with Crippen LogP contribution < -0.4 is 26.2 Å². The van der Waals surface area contributed by atoms with E-state index in [1.54, 1.807) is 42.6 Å². The van der Waals surface area contributed by atoms with Crippen molar-refractivity contribution < 1.29 is 45.0 Å². The number of carbonyl (C=O) groups is 2. The van der Waals surface area contributed by atoms with Gasteiger partial charge in [0.15, 0.2) is 22.1 Å². The van der Waals surface area contributed by atoms with Crippen LogP contribution in [0.4, 0.5) is 39.7 Å². The number of pyridine rings is 1. The van der Waals surface area contributed by atoms with Gasteiger partial charge < -0.3 is 20.1 Å². The van der Waals surface area contributed by atoms with Gasteiger partial charge in [0.05, 0.1) is 17.2 Å². The number of carbonyl (C=O) groups excluding carboxylic acids is 2. The number of hydrogen-bond donors (Lipinski definition) is 4. The highest BCUT2D eigenvalue weighted by Crippen LogP contribution is 2.32. The number of fused-ring (bicyclic) bond motifs is 1. The van der Waals surface area contributed by atoms with E-state index in [1.807, 2.05) is 6.92 Å². The molecule has 274 valence electrons. The molecule has 0 spiro atoms. The summed E-state index contributed by atoms with van der Waals surface area (Å²) in [5.74, 6) is -1.39. The second-order valence-electron chi connectivity index (χ2n) is 11.4. The van der Waals surface area contributed by atoms with E-state index in [2.05, 4.69) is 31.6 Å². The number of alkyl halides is 3. The van der Waals surface area contributed by atoms with Crippen LogP contribution in [-0.4, -0.2) is 60.7 Å². The maximum atomic E-state index is 13.6. The van der Waals surface area contributed by atoms with Crippen LogP contribution in [0.2, 0.25) is 0 Å². The number of amides is 2. The first-order chi connectivity index (χ1) is 24.7. The van der Waals surface area contributed by atoms with Gasteiger partial charge in [0.1, 0.15) is 17.6 Å². The van der Waals surface area contributed by atoms with Gasteiger partial charge in [-0.3, -0.25) is 10.2 Å². The summed E-state index contributed by atoms with van der Waals surface area (Å²) in [5.41, 5.74) is 7.64. The first-order valence-electron chi connectivity index (χ1n) is 15.7. The third-order valence-corrected chi connectivity index (χ3v) is 8.46. The van der Waals surface area contributed by atoms with Gasteiger partial charge in [-0.2, -0.15) is 18.2 Å². The average molecular weight is 744 g/mol. The molecule has 0 aliphatic carbocycles. The van der Waals surface area contributed by atoms with E-state index in [9.17, 15) is 35.6 Å². The smallest absolute Gasteiger partial charge is 0.422 e. The van der Waals surface area contributed by atoms with Crippen molar-refractivity contribution in [2.75, 3.05) is 30.1 Å². The molecule has 2 heterocycles. The van der Waals surface area contributed by atoms with Crippen molar-refractivity contribution >= 4 is 44.8 Å². The SMILES string of the molecule is CCCCOC(=O)NN[C@@H](C(=O)Nc1ccc(-c2ccc3nc(Nc4ccc(S(C)(=O)=O)cc4OCC(F)(F)F)nn3c2)cc1)c1ccc(F)cc1. The van der Waals surface area contributed by atoms with E-state index in [4.69, 9.17) is 9.47 Å². The molecule has 0 fully saturated rings. The van der Waals surface area contributed by atoms with Gasteiger partial charge in [0.25, 0.3) is 0 Å². The average Bonchev–Trinajstić information content (AvgIpc) is 3.50. The molecule has 52 heavy (non-hydrogen) atoms. The number of halogens is 4. The largest absolute Gasteiger partial charge is 0.482 e. The number of hydrazine groups is 1. The highest BCUT2D eigenvalue weighted by molar-refractivity contribution is 7.90. The molecule has 0 aliphatic rings. The fourth-order valence-corrected chi connectivity index (χ4v) is 5.37. The molecule has 0 saturated heterocycles. The van der Waals surface area contributed by atoms with Crippen LogP contribution in [0.5, 0.6) is 5.75 Å². The molecule has 0 saturated carbocycles. The Morgan fingerprint density at radius 3 is 2.35 bits per heavy atom. The van der Waals surface area contributed by atoms with E-state index in [-0.39, 0.29) is 28.9 Å². The molecule has 4 N–H and O–H groups in total. The van der Waals surface area contributed by atoms with Crippen molar-refractivity contribution in [3.8, 4) is 16.9 Å². The molecule has 5 rings (SSSR count). The third-order valence-electron chi connectivity index (χ3n) is 7.35. The van der Waals surface area contributed by atoms with Crippen LogP contribution in [0.3, 0.4) is 0 Å². The van der Waals surface area contributed by atoms with Crippen molar-refractivity contribution in [3.63, 3.8) is 0 Å². The minimum absolute atomic E-state index is 0.00667. The number of unbranched alkanes of at least 4 members (excludes halogenated alkanes) is 1. The van der Waals surface area contributed by atoms with Gasteiger partial charge in [-0.15, -0.1) is 5.10 Å². The van der Waals surface area contributed by atoms with Crippen LogP contribution in [0.1, 0.15) is 31.4 Å². The summed E-state index contributed by atoms with van der Waals surface area (Å²) in [7, 11) is -3.73. The molecule has 2 aromatic heterocycles. The summed E-state index contributed by atoms with van der Waals surface area (Å²) in [4.78, 5) is 29.5. The van der Waals surface area contributed by atoms with Crippen LogP contribution in [0, 0.1) is 5.82 Å². The Morgan fingerprint density at radius 2 is 1.67 bits per heavy atom. The molecular formula is C34H33F4N7O6S. The topological polar surface area (TPSA) is 165 Å². The lowest BCUT2D eigenvalue weighted by Crippen LogP contribution is -2.44. The van der Waals surface area contributed by atoms with Crippen LogP contribution in [0.15, 0.2) is 90.0 Å². The minimum Gasteiger partial charge on any atom is -0.482 e. The fourth-order valence-electron chi connectivity index (χ4n) is 4.74. The standard InChI is InChI=1S/C34H33F4N7O6S/c1-3-4-17-50-33(47)43-42-30(22-5-10-24(35)11-6-22)31(46)39-25-12-7-21(8-13-25)23-9-16-29-41-32(44-45(29)19-23)40-27-15-14-26(52(2,48)49)18-28(27)51-20-34(36,37)38/h5-16,18-19,30,42H,3-4,17,20H2,1-2H3,(H,39,46)(H,40,44)(H,43,47)/t30-/m1/s1. The van der Waals surface area contributed by atoms with Gasteiger partial charge in [0.2, 0.25) is 11.9 Å². The maximum Gasteiger partial charge on any atom is 0.422 e. The predicted molar refractivity (Wildman–Crippen MR) is 183 cm³/mol. The van der Waals surface area contributed by atoms with Gasteiger partial charge in [0, 0.05) is 29.8 Å². The van der Waals surface area contributed by atoms with Gasteiger partial charge >= 0.3 is 12.3 Å². The Labute approximate surface area is 295 Å². The number of ether oxygens (including phenoxy) is 2. The lowest BCUT2D eigenvalue weighted by atomic mass is 10.1. The fraction of sp³-hybridized carbons (Fsp3) is 0.235. The van der Waals surface area contributed by atoms with Crippen LogP contribution >= 0.6 is 0 Å². The molecule has 5 aromatic rings. The minimum atomic E-state index is -4.66. The second kappa shape index (κ2) is 16.1. The molecular weight excluding hydrogens is 710 g/mol. The third kappa shape index (κ3) is 10.2. The first-order valence-corrected chi connectivity index (χ1v) is 17.6. The molecule has 0 aliphatic heterocycles. The quantitative estimate of drug-likeness (QED) is 0.0574. The zero-order chi connectivity index (χ0) is 37.5. The Balaban J connectivity index is 1.29. The van der Waals surface area contributed by atoms with Gasteiger partial charge in [-0.25, -0.2) is 27.5 Å².